The zero-order valence-corrected chi connectivity index (χ0v) is 16.9. The second-order valence-electron chi connectivity index (χ2n) is 7.23. The van der Waals surface area contributed by atoms with E-state index in [0.717, 1.165) is 63.2 Å². The molecule has 1 aliphatic rings. The Balaban J connectivity index is 1.49. The summed E-state index contributed by atoms with van der Waals surface area (Å²) in [5, 5.41) is 3.46. The number of guanidine groups is 1. The Labute approximate surface area is 167 Å². The quantitative estimate of drug-likeness (QED) is 0.531. The Bertz CT molecular complexity index is 707. The molecule has 6 heteroatoms. The second-order valence-corrected chi connectivity index (χ2v) is 7.23. The van der Waals surface area contributed by atoms with Gasteiger partial charge in [-0.1, -0.05) is 17.7 Å². The van der Waals surface area contributed by atoms with Gasteiger partial charge in [-0.2, -0.15) is 0 Å². The summed E-state index contributed by atoms with van der Waals surface area (Å²) in [6.07, 6.45) is 3.62. The molecule has 0 radical (unpaired) electrons. The first-order valence-electron chi connectivity index (χ1n) is 10.00. The highest BCUT2D eigenvalue weighted by Crippen LogP contribution is 2.13. The maximum absolute atomic E-state index is 5.86. The number of likely N-dealkylation sites (N-methyl/N-ethyl adjacent to an activating group) is 1. The Morgan fingerprint density at radius 2 is 2.14 bits per heavy atom. The Morgan fingerprint density at radius 1 is 1.29 bits per heavy atom. The van der Waals surface area contributed by atoms with E-state index in [1.54, 1.807) is 6.26 Å². The minimum absolute atomic E-state index is 0.513. The largest absolute Gasteiger partial charge is 0.492 e. The van der Waals surface area contributed by atoms with Crippen molar-refractivity contribution in [1.82, 2.24) is 10.2 Å². The zero-order chi connectivity index (χ0) is 19.6. The van der Waals surface area contributed by atoms with Gasteiger partial charge in [0, 0.05) is 39.1 Å². The fourth-order valence-electron chi connectivity index (χ4n) is 3.05. The van der Waals surface area contributed by atoms with Gasteiger partial charge in [-0.25, -0.2) is 0 Å². The number of aryl methyl sites for hydroxylation is 1. The molecule has 0 spiro atoms. The average molecular weight is 386 g/mol. The van der Waals surface area contributed by atoms with Gasteiger partial charge in [0.25, 0.3) is 0 Å². The summed E-state index contributed by atoms with van der Waals surface area (Å²) in [5.74, 6) is 3.28. The number of hydrogen-bond acceptors (Lipinski definition) is 4. The van der Waals surface area contributed by atoms with E-state index >= 15 is 0 Å². The lowest BCUT2D eigenvalue weighted by atomic mass is 10.1. The van der Waals surface area contributed by atoms with Gasteiger partial charge < -0.3 is 24.1 Å². The maximum atomic E-state index is 5.86. The minimum Gasteiger partial charge on any atom is -0.492 e. The van der Waals surface area contributed by atoms with Crippen LogP contribution in [-0.2, 0) is 11.2 Å². The molecule has 3 rings (SSSR count). The van der Waals surface area contributed by atoms with Gasteiger partial charge >= 0.3 is 0 Å². The maximum Gasteiger partial charge on any atom is 0.193 e. The van der Waals surface area contributed by atoms with Crippen LogP contribution in [0.4, 0.5) is 0 Å². The first kappa shape index (κ1) is 20.3. The van der Waals surface area contributed by atoms with Gasteiger partial charge in [-0.3, -0.25) is 4.99 Å². The number of nitrogens with zero attached hydrogens (tertiary/aromatic N) is 2. The van der Waals surface area contributed by atoms with Gasteiger partial charge in [-0.05, 0) is 37.6 Å². The van der Waals surface area contributed by atoms with Crippen LogP contribution in [0, 0.1) is 12.8 Å². The molecule has 1 saturated heterocycles. The first-order valence-corrected chi connectivity index (χ1v) is 10.00. The SMILES string of the molecule is Cc1ccc(OCCN(C)C(=NCC2CCOC2)NCCc2ccco2)cc1. The third-order valence-electron chi connectivity index (χ3n) is 4.84. The van der Waals surface area contributed by atoms with Crippen molar-refractivity contribution in [2.75, 3.05) is 46.5 Å². The van der Waals surface area contributed by atoms with E-state index in [1.807, 2.05) is 31.3 Å². The van der Waals surface area contributed by atoms with Gasteiger partial charge in [0.2, 0.25) is 0 Å². The topological polar surface area (TPSA) is 59.2 Å². The van der Waals surface area contributed by atoms with Gasteiger partial charge in [0.05, 0.1) is 19.4 Å². The molecule has 1 aliphatic heterocycles. The summed E-state index contributed by atoms with van der Waals surface area (Å²) in [6.45, 7) is 6.64. The Morgan fingerprint density at radius 3 is 2.86 bits per heavy atom. The molecule has 0 aliphatic carbocycles. The van der Waals surface area contributed by atoms with Crippen LogP contribution in [0.5, 0.6) is 5.75 Å². The predicted octanol–water partition coefficient (Wildman–Crippen LogP) is 3.12. The highest BCUT2D eigenvalue weighted by molar-refractivity contribution is 5.79. The molecule has 0 amide bonds. The van der Waals surface area contributed by atoms with Crippen molar-refractivity contribution in [2.45, 2.75) is 19.8 Å². The zero-order valence-electron chi connectivity index (χ0n) is 16.9. The highest BCUT2D eigenvalue weighted by atomic mass is 16.5. The van der Waals surface area contributed by atoms with Crippen molar-refractivity contribution in [3.63, 3.8) is 0 Å². The molecular formula is C22H31N3O3. The highest BCUT2D eigenvalue weighted by Gasteiger charge is 2.16. The predicted molar refractivity (Wildman–Crippen MR) is 111 cm³/mol. The van der Waals surface area contributed by atoms with E-state index in [1.165, 1.54) is 5.56 Å². The standard InChI is InChI=1S/C22H31N3O3/c1-18-5-7-21(8-6-18)28-15-12-25(2)22(24-16-19-10-14-26-17-19)23-11-9-20-4-3-13-27-20/h3-8,13,19H,9-12,14-17H2,1-2H3,(H,23,24). The van der Waals surface area contributed by atoms with Crippen LogP contribution in [0.15, 0.2) is 52.1 Å². The first-order chi connectivity index (χ1) is 13.7. The second kappa shape index (κ2) is 10.8. The van der Waals surface area contributed by atoms with Crippen molar-refractivity contribution < 1.29 is 13.9 Å². The van der Waals surface area contributed by atoms with Crippen molar-refractivity contribution in [1.29, 1.82) is 0 Å². The molecule has 1 aromatic carbocycles. The molecule has 2 heterocycles. The van der Waals surface area contributed by atoms with Crippen LogP contribution in [0.1, 0.15) is 17.7 Å². The number of rotatable bonds is 9. The Hall–Kier alpha value is -2.47. The summed E-state index contributed by atoms with van der Waals surface area (Å²) in [6, 6.07) is 12.0. The van der Waals surface area contributed by atoms with Gasteiger partial charge in [-0.15, -0.1) is 0 Å². The third kappa shape index (κ3) is 6.60. The number of furan rings is 1. The molecule has 152 valence electrons. The van der Waals surface area contributed by atoms with E-state index in [0.29, 0.717) is 12.5 Å². The number of benzene rings is 1. The van der Waals surface area contributed by atoms with Crippen molar-refractivity contribution in [3.05, 3.63) is 54.0 Å². The van der Waals surface area contributed by atoms with Crippen molar-refractivity contribution >= 4 is 5.96 Å². The monoisotopic (exact) mass is 385 g/mol. The van der Waals surface area contributed by atoms with E-state index in [4.69, 9.17) is 18.9 Å². The number of aliphatic imine (C=N–C) groups is 1. The summed E-state index contributed by atoms with van der Waals surface area (Å²) in [5.41, 5.74) is 1.23. The van der Waals surface area contributed by atoms with Crippen LogP contribution in [-0.4, -0.2) is 57.4 Å². The van der Waals surface area contributed by atoms with E-state index in [2.05, 4.69) is 29.3 Å². The minimum atomic E-state index is 0.513. The number of nitrogens with one attached hydrogen (secondary N) is 1. The summed E-state index contributed by atoms with van der Waals surface area (Å²) in [4.78, 5) is 6.94. The smallest absolute Gasteiger partial charge is 0.193 e. The molecule has 0 bridgehead atoms. The van der Waals surface area contributed by atoms with E-state index in [-0.39, 0.29) is 0 Å². The molecule has 28 heavy (non-hydrogen) atoms. The number of ether oxygens (including phenoxy) is 2. The molecule has 6 nitrogen and oxygen atoms in total. The third-order valence-corrected chi connectivity index (χ3v) is 4.84. The van der Waals surface area contributed by atoms with Crippen molar-refractivity contribution in [2.24, 2.45) is 10.9 Å². The molecule has 1 fully saturated rings. The fourth-order valence-corrected chi connectivity index (χ4v) is 3.05. The molecule has 2 aromatic rings. The van der Waals surface area contributed by atoms with Crippen LogP contribution >= 0.6 is 0 Å². The van der Waals surface area contributed by atoms with Crippen LogP contribution in [0.25, 0.3) is 0 Å². The fraction of sp³-hybridized carbons (Fsp3) is 0.500. The molecule has 1 unspecified atom stereocenters. The summed E-state index contributed by atoms with van der Waals surface area (Å²) in [7, 11) is 2.04. The van der Waals surface area contributed by atoms with Gasteiger partial charge in [0.1, 0.15) is 18.1 Å². The van der Waals surface area contributed by atoms with Crippen LogP contribution in [0.2, 0.25) is 0 Å². The molecule has 1 N–H and O–H groups in total. The molecule has 1 atom stereocenters. The van der Waals surface area contributed by atoms with Crippen LogP contribution in [0.3, 0.4) is 0 Å². The van der Waals surface area contributed by atoms with Crippen molar-refractivity contribution in [3.8, 4) is 5.75 Å². The van der Waals surface area contributed by atoms with Crippen LogP contribution < -0.4 is 10.1 Å². The Kier molecular flexibility index (Phi) is 7.79. The lowest BCUT2D eigenvalue weighted by molar-refractivity contribution is 0.187. The average Bonchev–Trinajstić information content (AvgIpc) is 3.40. The number of hydrogen-bond donors (Lipinski definition) is 1. The van der Waals surface area contributed by atoms with Gasteiger partial charge in [0.15, 0.2) is 5.96 Å². The molecular weight excluding hydrogens is 354 g/mol. The lowest BCUT2D eigenvalue weighted by Crippen LogP contribution is -2.42. The summed E-state index contributed by atoms with van der Waals surface area (Å²) >= 11 is 0. The lowest BCUT2D eigenvalue weighted by Gasteiger charge is -2.23. The summed E-state index contributed by atoms with van der Waals surface area (Å²) < 4.78 is 16.7. The van der Waals surface area contributed by atoms with E-state index < -0.39 is 0 Å². The van der Waals surface area contributed by atoms with E-state index in [9.17, 15) is 0 Å². The normalized spacial score (nSPS) is 16.9. The molecule has 1 aromatic heterocycles. The molecule has 0 saturated carbocycles.